The normalized spacial score (nSPS) is 11.8. The Morgan fingerprint density at radius 3 is 2.77 bits per heavy atom. The summed E-state index contributed by atoms with van der Waals surface area (Å²) in [6.07, 6.45) is 2.82. The van der Waals surface area contributed by atoms with Crippen molar-refractivity contribution in [2.45, 2.75) is 0 Å². The number of rotatable bonds is 3. The van der Waals surface area contributed by atoms with E-state index in [9.17, 15) is 8.42 Å². The number of nitrogens with zero attached hydrogens (tertiary/aromatic N) is 2. The van der Waals surface area contributed by atoms with E-state index in [0.29, 0.717) is 17.2 Å². The van der Waals surface area contributed by atoms with Gasteiger partial charge in [-0.1, -0.05) is 0 Å². The molecule has 0 saturated carbocycles. The second kappa shape index (κ2) is 5.68. The number of aromatic amines is 1. The minimum absolute atomic E-state index is 0.522. The predicted molar refractivity (Wildman–Crippen MR) is 93.7 cm³/mol. The number of nitrogens with one attached hydrogen (secondary N) is 2. The van der Waals surface area contributed by atoms with E-state index in [-0.39, 0.29) is 0 Å². The van der Waals surface area contributed by atoms with Crippen molar-refractivity contribution in [3.8, 4) is 11.4 Å². The fourth-order valence-electron chi connectivity index (χ4n) is 2.07. The number of H-pyrrole nitrogens is 1. The molecule has 2 heterocycles. The number of pyridine rings is 1. The summed E-state index contributed by atoms with van der Waals surface area (Å²) in [6, 6.07) is 7.37. The van der Waals surface area contributed by atoms with Gasteiger partial charge in [-0.25, -0.2) is 0 Å². The quantitative estimate of drug-likeness (QED) is 0.592. The fourth-order valence-corrected chi connectivity index (χ4v) is 3.69. The average Bonchev–Trinajstić information content (AvgIpc) is 2.78. The second-order valence-electron chi connectivity index (χ2n) is 4.82. The van der Waals surface area contributed by atoms with Crippen molar-refractivity contribution in [1.82, 2.24) is 15.0 Å². The summed E-state index contributed by atoms with van der Waals surface area (Å²) in [5.41, 5.74) is 2.76. The summed E-state index contributed by atoms with van der Waals surface area (Å²) in [5, 5.41) is 0. The summed E-state index contributed by atoms with van der Waals surface area (Å²) < 4.78 is 27.1. The zero-order chi connectivity index (χ0) is 15.9. The van der Waals surface area contributed by atoms with Crippen LogP contribution in [-0.4, -0.2) is 46.5 Å². The van der Waals surface area contributed by atoms with Crippen LogP contribution in [0.3, 0.4) is 0 Å². The Morgan fingerprint density at radius 2 is 2.05 bits per heavy atom. The fraction of sp³-hybridized carbons (Fsp3) is 0.0769. The van der Waals surface area contributed by atoms with Gasteiger partial charge in [0.2, 0.25) is 0 Å². The van der Waals surface area contributed by atoms with Crippen molar-refractivity contribution in [1.29, 1.82) is 0 Å². The molecule has 3 rings (SSSR count). The molecule has 1 aromatic carbocycles. The average molecular weight is 443 g/mol. The molecule has 1 unspecified atom stereocenters. The molecule has 0 aliphatic rings. The van der Waals surface area contributed by atoms with Crippen LogP contribution >= 0.6 is 15.9 Å². The van der Waals surface area contributed by atoms with Crippen molar-refractivity contribution in [3.05, 3.63) is 34.9 Å². The Bertz CT molecular complexity index is 971. The summed E-state index contributed by atoms with van der Waals surface area (Å²) in [6.45, 7) is 0. The Kier molecular flexibility index (Phi) is 4.01. The molecular weight excluding hydrogens is 431 g/mol. The molecule has 9 heteroatoms. The van der Waals surface area contributed by atoms with Crippen LogP contribution in [0.15, 0.2) is 34.9 Å². The number of benzene rings is 1. The van der Waals surface area contributed by atoms with Crippen molar-refractivity contribution in [2.24, 2.45) is 0 Å². The minimum atomic E-state index is -3.32. The first-order valence-electron chi connectivity index (χ1n) is 6.20. The van der Waals surface area contributed by atoms with Crippen molar-refractivity contribution >= 4 is 64.0 Å². The third kappa shape index (κ3) is 3.51. The van der Waals surface area contributed by atoms with Crippen LogP contribution in [-0.2, 0) is 10.0 Å². The zero-order valence-corrected chi connectivity index (χ0v) is 16.3. The molecular formula is C13H12AsBrN4O2S. The molecule has 0 spiro atoms. The van der Waals surface area contributed by atoms with E-state index in [2.05, 4.69) is 35.6 Å². The summed E-state index contributed by atoms with van der Waals surface area (Å²) in [7, 11) is -3.32. The van der Waals surface area contributed by atoms with E-state index in [1.54, 1.807) is 18.3 Å². The second-order valence-corrected chi connectivity index (χ2v) is 8.89. The number of sulfonamides is 1. The van der Waals surface area contributed by atoms with Gasteiger partial charge in [0.25, 0.3) is 0 Å². The van der Waals surface area contributed by atoms with E-state index in [0.717, 1.165) is 26.2 Å². The van der Waals surface area contributed by atoms with E-state index in [4.69, 9.17) is 0 Å². The van der Waals surface area contributed by atoms with Crippen LogP contribution in [0, 0.1) is 0 Å². The molecule has 3 aromatic rings. The Balaban J connectivity index is 2.09. The molecule has 1 atom stereocenters. The summed E-state index contributed by atoms with van der Waals surface area (Å²) >= 11 is 4.77. The first kappa shape index (κ1) is 15.5. The number of hydrogen-bond acceptors (Lipinski definition) is 4. The number of fused-ring (bicyclic) bond motifs is 1. The van der Waals surface area contributed by atoms with Gasteiger partial charge in [-0.3, -0.25) is 0 Å². The van der Waals surface area contributed by atoms with E-state index >= 15 is 0 Å². The third-order valence-corrected chi connectivity index (χ3v) is 4.57. The van der Waals surface area contributed by atoms with Gasteiger partial charge in [-0.2, -0.15) is 0 Å². The number of hydrogen-bond donors (Lipinski definition) is 2. The molecule has 0 amide bonds. The standard InChI is InChI=1S/C13H12AsBrN4O2S/c1-22(20,21)19-10-3-7(2-8(14)4-10)12-17-11-5-9(15)6-16-13(11)18-12/h2-6,19H,14H2,1H3,(H,16,17,18). The van der Waals surface area contributed by atoms with Gasteiger partial charge in [0.1, 0.15) is 0 Å². The van der Waals surface area contributed by atoms with E-state index in [1.165, 1.54) is 16.9 Å². The molecule has 0 fully saturated rings. The maximum atomic E-state index is 11.4. The predicted octanol–water partition coefficient (Wildman–Crippen LogP) is 1.02. The van der Waals surface area contributed by atoms with Gasteiger partial charge in [0, 0.05) is 0 Å². The van der Waals surface area contributed by atoms with Crippen molar-refractivity contribution < 1.29 is 8.42 Å². The molecule has 22 heavy (non-hydrogen) atoms. The van der Waals surface area contributed by atoms with Gasteiger partial charge in [-0.15, -0.1) is 0 Å². The molecule has 114 valence electrons. The Labute approximate surface area is 144 Å². The van der Waals surface area contributed by atoms with Crippen LogP contribution in [0.4, 0.5) is 5.69 Å². The van der Waals surface area contributed by atoms with E-state index < -0.39 is 10.0 Å². The first-order valence-corrected chi connectivity index (χ1v) is 10.1. The molecule has 2 aromatic heterocycles. The molecule has 0 bridgehead atoms. The summed E-state index contributed by atoms with van der Waals surface area (Å²) in [4.78, 5) is 11.9. The third-order valence-electron chi connectivity index (χ3n) is 2.84. The molecule has 0 aliphatic carbocycles. The summed E-state index contributed by atoms with van der Waals surface area (Å²) in [5.74, 6) is 0.650. The van der Waals surface area contributed by atoms with Crippen molar-refractivity contribution in [3.63, 3.8) is 0 Å². The van der Waals surface area contributed by atoms with E-state index in [1.807, 2.05) is 12.1 Å². The van der Waals surface area contributed by atoms with Crippen molar-refractivity contribution in [2.75, 3.05) is 11.0 Å². The number of anilines is 1. The molecule has 0 saturated heterocycles. The van der Waals surface area contributed by atoms with Crippen LogP contribution in [0.5, 0.6) is 0 Å². The van der Waals surface area contributed by atoms with Gasteiger partial charge < -0.3 is 0 Å². The van der Waals surface area contributed by atoms with Gasteiger partial charge >= 0.3 is 145 Å². The number of aromatic nitrogens is 3. The van der Waals surface area contributed by atoms with Gasteiger partial charge in [-0.05, 0) is 0 Å². The number of imidazole rings is 1. The topological polar surface area (TPSA) is 87.7 Å². The molecule has 6 nitrogen and oxygen atoms in total. The van der Waals surface area contributed by atoms with Crippen LogP contribution in [0.1, 0.15) is 0 Å². The Hall–Kier alpha value is -1.37. The van der Waals surface area contributed by atoms with Gasteiger partial charge in [0.05, 0.1) is 0 Å². The molecule has 2 N–H and O–H groups in total. The van der Waals surface area contributed by atoms with Crippen LogP contribution in [0.2, 0.25) is 0 Å². The SMILES string of the molecule is CS(=O)(=O)Nc1cc([AsH2])cc(-c2nc3cc(Br)cnc3[nH]2)c1. The van der Waals surface area contributed by atoms with Gasteiger partial charge in [0.15, 0.2) is 0 Å². The zero-order valence-electron chi connectivity index (χ0n) is 11.5. The first-order chi connectivity index (χ1) is 10.3. The Morgan fingerprint density at radius 1 is 1.27 bits per heavy atom. The molecule has 0 radical (unpaired) electrons. The maximum absolute atomic E-state index is 11.4. The van der Waals surface area contributed by atoms with Crippen LogP contribution < -0.4 is 9.07 Å². The monoisotopic (exact) mass is 442 g/mol. The van der Waals surface area contributed by atoms with Crippen LogP contribution in [0.25, 0.3) is 22.6 Å². The molecule has 0 aliphatic heterocycles. The number of halogens is 1.